The van der Waals surface area contributed by atoms with E-state index in [9.17, 15) is 18.5 Å². The van der Waals surface area contributed by atoms with Crippen molar-refractivity contribution in [1.82, 2.24) is 9.71 Å². The van der Waals surface area contributed by atoms with Crippen LogP contribution in [-0.4, -0.2) is 18.3 Å². The average molecular weight is 328 g/mol. The van der Waals surface area contributed by atoms with Gasteiger partial charge < -0.3 is 0 Å². The van der Waals surface area contributed by atoms with Crippen LogP contribution in [0.3, 0.4) is 0 Å². The SMILES string of the molecule is O=[N+]([O-])c1ccccc1CNS(=O)(=O)c1cccnc1Cl. The van der Waals surface area contributed by atoms with Gasteiger partial charge >= 0.3 is 0 Å². The summed E-state index contributed by atoms with van der Waals surface area (Å²) in [5, 5.41) is 10.7. The van der Waals surface area contributed by atoms with Crippen molar-refractivity contribution in [2.45, 2.75) is 11.4 Å². The van der Waals surface area contributed by atoms with E-state index in [1.54, 1.807) is 6.07 Å². The van der Waals surface area contributed by atoms with Crippen LogP contribution in [0.1, 0.15) is 5.56 Å². The third kappa shape index (κ3) is 3.54. The fourth-order valence-electron chi connectivity index (χ4n) is 1.66. The molecule has 0 aliphatic heterocycles. The normalized spacial score (nSPS) is 11.3. The van der Waals surface area contributed by atoms with E-state index in [0.717, 1.165) is 0 Å². The monoisotopic (exact) mass is 327 g/mol. The average Bonchev–Trinajstić information content (AvgIpc) is 2.45. The van der Waals surface area contributed by atoms with Crippen LogP contribution in [0.2, 0.25) is 5.15 Å². The van der Waals surface area contributed by atoms with Gasteiger partial charge in [-0.05, 0) is 12.1 Å². The first kappa shape index (κ1) is 15.4. The Kier molecular flexibility index (Phi) is 4.51. The summed E-state index contributed by atoms with van der Waals surface area (Å²) in [5.41, 5.74) is 0.101. The third-order valence-electron chi connectivity index (χ3n) is 2.66. The van der Waals surface area contributed by atoms with E-state index in [4.69, 9.17) is 11.6 Å². The number of hydrogen-bond donors (Lipinski definition) is 1. The van der Waals surface area contributed by atoms with Crippen LogP contribution in [0.4, 0.5) is 5.69 Å². The molecule has 0 spiro atoms. The molecule has 0 saturated heterocycles. The van der Waals surface area contributed by atoms with Crippen molar-refractivity contribution in [2.75, 3.05) is 0 Å². The van der Waals surface area contributed by atoms with E-state index in [1.165, 1.54) is 36.5 Å². The Morgan fingerprint density at radius 2 is 1.95 bits per heavy atom. The lowest BCUT2D eigenvalue weighted by molar-refractivity contribution is -0.385. The minimum Gasteiger partial charge on any atom is -0.258 e. The number of rotatable bonds is 5. The molecule has 2 aromatic rings. The van der Waals surface area contributed by atoms with Crippen LogP contribution < -0.4 is 4.72 Å². The summed E-state index contributed by atoms with van der Waals surface area (Å²) in [4.78, 5) is 13.8. The topological polar surface area (TPSA) is 102 Å². The molecule has 1 aromatic carbocycles. The summed E-state index contributed by atoms with van der Waals surface area (Å²) >= 11 is 5.73. The van der Waals surface area contributed by atoms with Crippen molar-refractivity contribution in [1.29, 1.82) is 0 Å². The van der Waals surface area contributed by atoms with Gasteiger partial charge in [0.2, 0.25) is 10.0 Å². The molecule has 0 aliphatic rings. The fraction of sp³-hybridized carbons (Fsp3) is 0.0833. The van der Waals surface area contributed by atoms with Gasteiger partial charge in [0, 0.05) is 24.4 Å². The maximum absolute atomic E-state index is 12.1. The van der Waals surface area contributed by atoms with Crippen LogP contribution in [0.15, 0.2) is 47.5 Å². The number of nitro groups is 1. The zero-order valence-electron chi connectivity index (χ0n) is 10.6. The smallest absolute Gasteiger partial charge is 0.258 e. The number of sulfonamides is 1. The van der Waals surface area contributed by atoms with Crippen LogP contribution in [0.25, 0.3) is 0 Å². The second kappa shape index (κ2) is 6.17. The molecular formula is C12H10ClN3O4S. The number of nitrogens with zero attached hydrogens (tertiary/aromatic N) is 2. The fourth-order valence-corrected chi connectivity index (χ4v) is 3.12. The molecule has 1 N–H and O–H groups in total. The number of hydrogen-bond acceptors (Lipinski definition) is 5. The second-order valence-corrected chi connectivity index (χ2v) is 6.10. The van der Waals surface area contributed by atoms with E-state index in [2.05, 4.69) is 9.71 Å². The lowest BCUT2D eigenvalue weighted by atomic mass is 10.2. The van der Waals surface area contributed by atoms with Gasteiger partial charge in [0.25, 0.3) is 5.69 Å². The number of nitrogens with one attached hydrogen (secondary N) is 1. The largest absolute Gasteiger partial charge is 0.273 e. The first-order valence-electron chi connectivity index (χ1n) is 5.74. The summed E-state index contributed by atoms with van der Waals surface area (Å²) in [7, 11) is -3.90. The van der Waals surface area contributed by atoms with E-state index in [1.807, 2.05) is 0 Å². The molecule has 7 nitrogen and oxygen atoms in total. The van der Waals surface area contributed by atoms with Crippen LogP contribution >= 0.6 is 11.6 Å². The third-order valence-corrected chi connectivity index (χ3v) is 4.50. The Labute approximate surface area is 125 Å². The molecule has 0 radical (unpaired) electrons. The molecule has 0 fully saturated rings. The highest BCUT2D eigenvalue weighted by atomic mass is 35.5. The zero-order chi connectivity index (χ0) is 15.5. The number of halogens is 1. The molecule has 0 bridgehead atoms. The Bertz CT molecular complexity index is 780. The molecular weight excluding hydrogens is 318 g/mol. The van der Waals surface area contributed by atoms with Gasteiger partial charge in [0.05, 0.1) is 4.92 Å². The van der Waals surface area contributed by atoms with Crippen molar-refractivity contribution >= 4 is 27.3 Å². The summed E-state index contributed by atoms with van der Waals surface area (Å²) in [6.45, 7) is -0.218. The van der Waals surface area contributed by atoms with Gasteiger partial charge in [-0.25, -0.2) is 18.1 Å². The van der Waals surface area contributed by atoms with Crippen molar-refractivity contribution in [3.05, 3.63) is 63.4 Å². The summed E-state index contributed by atoms with van der Waals surface area (Å²) in [6.07, 6.45) is 1.36. The highest BCUT2D eigenvalue weighted by molar-refractivity contribution is 7.89. The summed E-state index contributed by atoms with van der Waals surface area (Å²) < 4.78 is 26.5. The van der Waals surface area contributed by atoms with Gasteiger partial charge in [0.1, 0.15) is 10.0 Å². The minimum atomic E-state index is -3.90. The maximum atomic E-state index is 12.1. The van der Waals surface area contributed by atoms with E-state index < -0.39 is 14.9 Å². The van der Waals surface area contributed by atoms with Gasteiger partial charge in [-0.2, -0.15) is 0 Å². The van der Waals surface area contributed by atoms with Crippen LogP contribution in [0.5, 0.6) is 0 Å². The predicted octanol–water partition coefficient (Wildman–Crippen LogP) is 2.12. The standard InChI is InChI=1S/C12H10ClN3O4S/c13-12-11(6-3-7-14-12)21(19,20)15-8-9-4-1-2-5-10(9)16(17)18/h1-7,15H,8H2. The molecule has 0 saturated carbocycles. The molecule has 1 heterocycles. The number of benzene rings is 1. The maximum Gasteiger partial charge on any atom is 0.273 e. The van der Waals surface area contributed by atoms with Gasteiger partial charge in [-0.1, -0.05) is 29.8 Å². The Morgan fingerprint density at radius 1 is 1.24 bits per heavy atom. The van der Waals surface area contributed by atoms with Crippen LogP contribution in [0, 0.1) is 10.1 Å². The van der Waals surface area contributed by atoms with E-state index in [-0.39, 0.29) is 27.8 Å². The van der Waals surface area contributed by atoms with Crippen molar-refractivity contribution < 1.29 is 13.3 Å². The van der Waals surface area contributed by atoms with Crippen LogP contribution in [-0.2, 0) is 16.6 Å². The van der Waals surface area contributed by atoms with E-state index in [0.29, 0.717) is 0 Å². The highest BCUT2D eigenvalue weighted by Gasteiger charge is 2.20. The molecule has 0 atom stereocenters. The Hall–Kier alpha value is -2.03. The number of pyridine rings is 1. The van der Waals surface area contributed by atoms with Gasteiger partial charge in [-0.3, -0.25) is 10.1 Å². The molecule has 0 aliphatic carbocycles. The molecule has 21 heavy (non-hydrogen) atoms. The minimum absolute atomic E-state index is 0.155. The Balaban J connectivity index is 2.24. The lowest BCUT2D eigenvalue weighted by Crippen LogP contribution is -2.24. The van der Waals surface area contributed by atoms with Crippen molar-refractivity contribution in [3.8, 4) is 0 Å². The number of nitro benzene ring substituents is 1. The molecule has 0 unspecified atom stereocenters. The van der Waals surface area contributed by atoms with Crippen molar-refractivity contribution in [3.63, 3.8) is 0 Å². The highest BCUT2D eigenvalue weighted by Crippen LogP contribution is 2.20. The molecule has 1 aromatic heterocycles. The lowest BCUT2D eigenvalue weighted by Gasteiger charge is -2.08. The van der Waals surface area contributed by atoms with Gasteiger partial charge in [0.15, 0.2) is 0 Å². The number of aromatic nitrogens is 1. The van der Waals surface area contributed by atoms with Gasteiger partial charge in [-0.15, -0.1) is 0 Å². The molecule has 9 heteroatoms. The quantitative estimate of drug-likeness (QED) is 0.515. The second-order valence-electron chi connectivity index (χ2n) is 4.00. The molecule has 0 amide bonds. The Morgan fingerprint density at radius 3 is 2.62 bits per heavy atom. The predicted molar refractivity (Wildman–Crippen MR) is 76.4 cm³/mol. The molecule has 110 valence electrons. The summed E-state index contributed by atoms with van der Waals surface area (Å²) in [6, 6.07) is 8.62. The molecule has 2 rings (SSSR count). The first-order valence-corrected chi connectivity index (χ1v) is 7.60. The summed E-state index contributed by atoms with van der Waals surface area (Å²) in [5.74, 6) is 0. The van der Waals surface area contributed by atoms with E-state index >= 15 is 0 Å². The first-order chi connectivity index (χ1) is 9.92. The number of para-hydroxylation sites is 1. The van der Waals surface area contributed by atoms with Crippen molar-refractivity contribution in [2.24, 2.45) is 0 Å². The zero-order valence-corrected chi connectivity index (χ0v) is 12.1.